The summed E-state index contributed by atoms with van der Waals surface area (Å²) in [7, 11) is 0. The first-order valence-corrected chi connectivity index (χ1v) is 9.50. The predicted molar refractivity (Wildman–Crippen MR) is 104 cm³/mol. The minimum absolute atomic E-state index is 0.0448. The highest BCUT2D eigenvalue weighted by atomic mass is 35.5. The maximum atomic E-state index is 12.9. The van der Waals surface area contributed by atoms with E-state index in [1.807, 2.05) is 18.2 Å². The topological polar surface area (TPSA) is 98.7 Å². The largest absolute Gasteiger partial charge is 0.465 e. The van der Waals surface area contributed by atoms with Crippen LogP contribution in [0.5, 0.6) is 0 Å². The second-order valence-corrected chi connectivity index (χ2v) is 7.48. The zero-order chi connectivity index (χ0) is 19.7. The first-order chi connectivity index (χ1) is 13.5. The van der Waals surface area contributed by atoms with Gasteiger partial charge in [0.05, 0.1) is 17.4 Å². The van der Waals surface area contributed by atoms with E-state index in [9.17, 15) is 14.7 Å². The van der Waals surface area contributed by atoms with Crippen LogP contribution in [0.2, 0.25) is 5.02 Å². The van der Waals surface area contributed by atoms with Crippen LogP contribution in [-0.2, 0) is 13.0 Å². The first-order valence-electron chi connectivity index (χ1n) is 9.12. The van der Waals surface area contributed by atoms with Crippen molar-refractivity contribution in [2.75, 3.05) is 25.0 Å². The molecular formula is C19H20ClN5O3. The Morgan fingerprint density at radius 2 is 1.93 bits per heavy atom. The van der Waals surface area contributed by atoms with Crippen molar-refractivity contribution in [1.82, 2.24) is 19.8 Å². The second kappa shape index (κ2) is 7.63. The lowest BCUT2D eigenvalue weighted by molar-refractivity contribution is 0.0791. The molecule has 2 aromatic rings. The van der Waals surface area contributed by atoms with Gasteiger partial charge in [-0.3, -0.25) is 4.79 Å². The zero-order valence-corrected chi connectivity index (χ0v) is 15.9. The molecule has 1 atom stereocenters. The summed E-state index contributed by atoms with van der Waals surface area (Å²) in [6, 6.07) is 5.68. The molecule has 0 unspecified atom stereocenters. The van der Waals surface area contributed by atoms with Crippen molar-refractivity contribution in [3.63, 3.8) is 0 Å². The fourth-order valence-corrected chi connectivity index (χ4v) is 3.77. The van der Waals surface area contributed by atoms with Crippen molar-refractivity contribution in [3.05, 3.63) is 52.3 Å². The molecule has 1 fully saturated rings. The lowest BCUT2D eigenvalue weighted by Crippen LogP contribution is -2.35. The Morgan fingerprint density at radius 1 is 1.14 bits per heavy atom. The number of carboxylic acid groups (broad SMARTS) is 1. The summed E-state index contributed by atoms with van der Waals surface area (Å²) in [6.07, 6.45) is 3.60. The Balaban J connectivity index is 1.42. The Bertz CT molecular complexity index is 905. The molecule has 1 saturated heterocycles. The summed E-state index contributed by atoms with van der Waals surface area (Å²) in [5, 5.41) is 12.9. The molecule has 1 aromatic carbocycles. The fourth-order valence-electron chi connectivity index (χ4n) is 3.67. The van der Waals surface area contributed by atoms with Gasteiger partial charge in [0.15, 0.2) is 0 Å². The standard InChI is InChI=1S/C19H20ClN5O3/c20-15-8-21-18(22-9-15)23-16-4-6-24(11-16)17(26)13-2-1-12-3-5-25(19(27)28)10-14(12)7-13/h1-2,7-9,16H,3-6,10-11H2,(H,27,28)(H,21,22,23)/t16-/m1/s1. The van der Waals surface area contributed by atoms with Crippen molar-refractivity contribution >= 4 is 29.5 Å². The quantitative estimate of drug-likeness (QED) is 0.819. The first kappa shape index (κ1) is 18.5. The molecule has 28 heavy (non-hydrogen) atoms. The van der Waals surface area contributed by atoms with Gasteiger partial charge in [0.25, 0.3) is 5.91 Å². The van der Waals surface area contributed by atoms with Crippen LogP contribution < -0.4 is 5.32 Å². The highest BCUT2D eigenvalue weighted by Crippen LogP contribution is 2.23. The van der Waals surface area contributed by atoms with Gasteiger partial charge in [-0.25, -0.2) is 14.8 Å². The Hall–Kier alpha value is -2.87. The Morgan fingerprint density at radius 3 is 2.68 bits per heavy atom. The van der Waals surface area contributed by atoms with Gasteiger partial charge in [-0.2, -0.15) is 0 Å². The van der Waals surface area contributed by atoms with Gasteiger partial charge in [0, 0.05) is 37.8 Å². The van der Waals surface area contributed by atoms with Crippen LogP contribution in [0.25, 0.3) is 0 Å². The average molecular weight is 402 g/mol. The number of nitrogens with zero attached hydrogens (tertiary/aromatic N) is 4. The van der Waals surface area contributed by atoms with Crippen molar-refractivity contribution in [1.29, 1.82) is 0 Å². The zero-order valence-electron chi connectivity index (χ0n) is 15.1. The summed E-state index contributed by atoms with van der Waals surface area (Å²) in [5.74, 6) is 0.447. The molecule has 2 aliphatic rings. The number of halogens is 1. The van der Waals surface area contributed by atoms with Crippen LogP contribution >= 0.6 is 11.6 Å². The van der Waals surface area contributed by atoms with Gasteiger partial charge in [-0.1, -0.05) is 17.7 Å². The highest BCUT2D eigenvalue weighted by Gasteiger charge is 2.28. The van der Waals surface area contributed by atoms with Gasteiger partial charge < -0.3 is 20.2 Å². The minimum Gasteiger partial charge on any atom is -0.465 e. The molecule has 0 bridgehead atoms. The average Bonchev–Trinajstić information content (AvgIpc) is 3.16. The normalized spacial score (nSPS) is 18.7. The summed E-state index contributed by atoms with van der Waals surface area (Å²) in [5.41, 5.74) is 2.60. The van der Waals surface area contributed by atoms with Crippen molar-refractivity contribution < 1.29 is 14.7 Å². The van der Waals surface area contributed by atoms with E-state index in [1.165, 1.54) is 17.3 Å². The molecule has 2 aliphatic heterocycles. The lowest BCUT2D eigenvalue weighted by Gasteiger charge is -2.27. The van der Waals surface area contributed by atoms with Gasteiger partial charge >= 0.3 is 6.09 Å². The van der Waals surface area contributed by atoms with Crippen LogP contribution in [0.1, 0.15) is 27.9 Å². The lowest BCUT2D eigenvalue weighted by atomic mass is 9.97. The summed E-state index contributed by atoms with van der Waals surface area (Å²) in [6.45, 7) is 2.01. The van der Waals surface area contributed by atoms with E-state index in [0.717, 1.165) is 17.5 Å². The maximum Gasteiger partial charge on any atom is 0.407 e. The molecule has 2 amide bonds. The van der Waals surface area contributed by atoms with E-state index >= 15 is 0 Å². The van der Waals surface area contributed by atoms with Crippen molar-refractivity contribution in [2.45, 2.75) is 25.4 Å². The Kier molecular flexibility index (Phi) is 5.04. The third-order valence-corrected chi connectivity index (χ3v) is 5.36. The summed E-state index contributed by atoms with van der Waals surface area (Å²) < 4.78 is 0. The molecule has 3 heterocycles. The fraction of sp³-hybridized carbons (Fsp3) is 0.368. The van der Waals surface area contributed by atoms with Crippen LogP contribution in [0, 0.1) is 0 Å². The number of amides is 2. The number of benzene rings is 1. The molecule has 4 rings (SSSR count). The maximum absolute atomic E-state index is 12.9. The monoisotopic (exact) mass is 401 g/mol. The number of hydrogen-bond acceptors (Lipinski definition) is 5. The van der Waals surface area contributed by atoms with Crippen molar-refractivity contribution in [2.24, 2.45) is 0 Å². The third-order valence-electron chi connectivity index (χ3n) is 5.17. The molecular weight excluding hydrogens is 382 g/mol. The Labute approximate surface area is 167 Å². The molecule has 146 valence electrons. The van der Waals surface area contributed by atoms with E-state index < -0.39 is 6.09 Å². The number of carbonyl (C=O) groups excluding carboxylic acids is 1. The number of anilines is 1. The van der Waals surface area contributed by atoms with Gasteiger partial charge in [0.1, 0.15) is 0 Å². The number of aromatic nitrogens is 2. The molecule has 9 heteroatoms. The van der Waals surface area contributed by atoms with Gasteiger partial charge in [-0.15, -0.1) is 0 Å². The van der Waals surface area contributed by atoms with Crippen LogP contribution in [0.15, 0.2) is 30.6 Å². The van der Waals surface area contributed by atoms with Crippen LogP contribution in [0.3, 0.4) is 0 Å². The van der Waals surface area contributed by atoms with Crippen molar-refractivity contribution in [3.8, 4) is 0 Å². The number of nitrogens with one attached hydrogen (secondary N) is 1. The molecule has 0 spiro atoms. The van der Waals surface area contributed by atoms with E-state index in [-0.39, 0.29) is 11.9 Å². The minimum atomic E-state index is -0.930. The number of rotatable bonds is 3. The highest BCUT2D eigenvalue weighted by molar-refractivity contribution is 6.30. The second-order valence-electron chi connectivity index (χ2n) is 7.04. The summed E-state index contributed by atoms with van der Waals surface area (Å²) >= 11 is 5.80. The SMILES string of the molecule is O=C(O)N1CCc2ccc(C(=O)N3CC[C@@H](Nc4ncc(Cl)cn4)C3)cc2C1. The van der Waals surface area contributed by atoms with E-state index in [1.54, 1.807) is 4.90 Å². The molecule has 1 aromatic heterocycles. The van der Waals surface area contributed by atoms with E-state index in [2.05, 4.69) is 15.3 Å². The van der Waals surface area contributed by atoms with Gasteiger partial charge in [0.2, 0.25) is 5.95 Å². The predicted octanol–water partition coefficient (Wildman–Crippen LogP) is 2.49. The number of hydrogen-bond donors (Lipinski definition) is 2. The number of likely N-dealkylation sites (tertiary alicyclic amines) is 1. The third kappa shape index (κ3) is 3.87. The van der Waals surface area contributed by atoms with E-state index in [4.69, 9.17) is 11.6 Å². The smallest absolute Gasteiger partial charge is 0.407 e. The number of carbonyl (C=O) groups is 2. The molecule has 0 aliphatic carbocycles. The van der Waals surface area contributed by atoms with Crippen LogP contribution in [0.4, 0.5) is 10.7 Å². The number of fused-ring (bicyclic) bond motifs is 1. The molecule has 2 N–H and O–H groups in total. The molecule has 8 nitrogen and oxygen atoms in total. The summed E-state index contributed by atoms with van der Waals surface area (Å²) in [4.78, 5) is 35.6. The molecule has 0 saturated carbocycles. The van der Waals surface area contributed by atoms with Crippen LogP contribution in [-0.4, -0.2) is 62.6 Å². The molecule has 0 radical (unpaired) electrons. The van der Waals surface area contributed by atoms with Gasteiger partial charge in [-0.05, 0) is 36.1 Å². The van der Waals surface area contributed by atoms with E-state index in [0.29, 0.717) is 49.1 Å².